The van der Waals surface area contributed by atoms with E-state index in [0.29, 0.717) is 0 Å². The second kappa shape index (κ2) is 14.5. The number of nitrogens with one attached hydrogen (secondary N) is 1. The van der Waals surface area contributed by atoms with Gasteiger partial charge in [0.25, 0.3) is 0 Å². The number of benzene rings is 3. The van der Waals surface area contributed by atoms with Gasteiger partial charge >= 0.3 is 27.0 Å². The van der Waals surface area contributed by atoms with Gasteiger partial charge in [-0.1, -0.05) is 96.6 Å². The minimum absolute atomic E-state index is 0. The first-order chi connectivity index (χ1) is 13.3. The Morgan fingerprint density at radius 3 is 1.75 bits per heavy atom. The molecule has 0 radical (unpaired) electrons. The topological polar surface area (TPSA) is 12.0 Å². The first kappa shape index (κ1) is 24.6. The number of halogens is 1. The number of hydrogen-bond donors (Lipinski definition) is 1. The van der Waals surface area contributed by atoms with Crippen LogP contribution >= 0.6 is 9.69 Å². The molecule has 0 fully saturated rings. The van der Waals surface area contributed by atoms with Gasteiger partial charge in [-0.15, -0.1) is 5.92 Å². The number of hydrogen-bond acceptors (Lipinski definition) is 1. The van der Waals surface area contributed by atoms with Crippen molar-refractivity contribution in [3.05, 3.63) is 122 Å². The molecule has 3 rings (SSSR count). The molecule has 0 bridgehead atoms. The fourth-order valence-corrected chi connectivity index (χ4v) is 3.24. The van der Waals surface area contributed by atoms with Gasteiger partial charge in [-0.05, 0) is 30.5 Å². The molecule has 0 aromatic heterocycles. The third-order valence-corrected chi connectivity index (χ3v) is 4.64. The second-order valence-corrected chi connectivity index (χ2v) is 6.45. The Kier molecular flexibility index (Phi) is 12.7. The molecule has 0 heterocycles. The summed E-state index contributed by atoms with van der Waals surface area (Å²) >= 11 is 1.82. The van der Waals surface area contributed by atoms with Crippen molar-refractivity contribution in [1.29, 1.82) is 0 Å². The fraction of sp³-hybridized carbons (Fsp3) is 0.200. The van der Waals surface area contributed by atoms with Crippen LogP contribution in [-0.4, -0.2) is 6.54 Å². The van der Waals surface area contributed by atoms with Crippen LogP contribution in [0, 0.1) is 14.4 Å². The van der Waals surface area contributed by atoms with Gasteiger partial charge in [0, 0.05) is 6.04 Å². The molecule has 0 spiro atoms. The molecule has 0 aliphatic heterocycles. The molecular weight excluding hydrogens is 451 g/mol. The van der Waals surface area contributed by atoms with Crippen LogP contribution in [0.2, 0.25) is 0 Å². The van der Waals surface area contributed by atoms with Gasteiger partial charge in [-0.3, -0.25) is 0 Å². The van der Waals surface area contributed by atoms with E-state index in [2.05, 4.69) is 113 Å². The van der Waals surface area contributed by atoms with Gasteiger partial charge in [0.15, 0.2) is 0 Å². The van der Waals surface area contributed by atoms with Crippen molar-refractivity contribution in [3.63, 3.8) is 0 Å². The predicted molar refractivity (Wildman–Crippen MR) is 119 cm³/mol. The quantitative estimate of drug-likeness (QED) is 0.215. The summed E-state index contributed by atoms with van der Waals surface area (Å²) in [6, 6.07) is 32.1. The first-order valence-corrected chi connectivity index (χ1v) is 11.4. The van der Waals surface area contributed by atoms with Gasteiger partial charge in [0.2, 0.25) is 0 Å². The van der Waals surface area contributed by atoms with E-state index < -0.39 is 0 Å². The summed E-state index contributed by atoms with van der Waals surface area (Å²) in [4.78, 5) is 0. The Bertz CT molecular complexity index is 734. The molecular formula is C25H29ClNRu+. The number of aryl methyl sites for hydroxylation is 1. The summed E-state index contributed by atoms with van der Waals surface area (Å²) in [5, 5.41) is 3.74. The van der Waals surface area contributed by atoms with E-state index in [-0.39, 0.29) is 19.4 Å². The van der Waals surface area contributed by atoms with Crippen LogP contribution < -0.4 is 5.32 Å². The van der Waals surface area contributed by atoms with Crippen molar-refractivity contribution in [2.24, 2.45) is 0 Å². The zero-order valence-electron chi connectivity index (χ0n) is 16.4. The zero-order valence-corrected chi connectivity index (χ0v) is 18.9. The average Bonchev–Trinajstić information content (AvgIpc) is 2.77. The molecule has 0 saturated heterocycles. The van der Waals surface area contributed by atoms with Crippen molar-refractivity contribution in [1.82, 2.24) is 5.32 Å². The third-order valence-electron chi connectivity index (χ3n) is 4.64. The van der Waals surface area contributed by atoms with E-state index in [0.717, 1.165) is 19.4 Å². The summed E-state index contributed by atoms with van der Waals surface area (Å²) in [5.41, 5.74) is 3.97. The van der Waals surface area contributed by atoms with Gasteiger partial charge < -0.3 is 19.7 Å². The molecule has 3 heteroatoms. The summed E-state index contributed by atoms with van der Waals surface area (Å²) in [5.74, 6) is 0.181. The van der Waals surface area contributed by atoms with Gasteiger partial charge in [-0.25, -0.2) is 0 Å². The van der Waals surface area contributed by atoms with Crippen LogP contribution in [0.3, 0.4) is 0 Å². The molecule has 0 aliphatic carbocycles. The van der Waals surface area contributed by atoms with Gasteiger partial charge in [0.05, 0.1) is 0 Å². The summed E-state index contributed by atoms with van der Waals surface area (Å²) in [7, 11) is 4.57. The average molecular weight is 480 g/mol. The van der Waals surface area contributed by atoms with Crippen LogP contribution in [-0.2, 0) is 23.7 Å². The maximum atomic E-state index is 4.57. The van der Waals surface area contributed by atoms with Crippen molar-refractivity contribution in [3.8, 4) is 0 Å². The monoisotopic (exact) mass is 480 g/mol. The minimum atomic E-state index is 0. The predicted octanol–water partition coefficient (Wildman–Crippen LogP) is 6.71. The van der Waals surface area contributed by atoms with E-state index >= 15 is 0 Å². The first-order valence-electron chi connectivity index (χ1n) is 9.18. The Balaban J connectivity index is 0.00000127. The Hall–Kier alpha value is -1.47. The molecule has 148 valence electrons. The molecule has 0 saturated carbocycles. The molecule has 0 aliphatic rings. The van der Waals surface area contributed by atoms with Crippen molar-refractivity contribution in [2.45, 2.75) is 24.8 Å². The molecule has 1 nitrogen and oxygen atoms in total. The molecule has 0 amide bonds. The molecule has 1 unspecified atom stereocenters. The van der Waals surface area contributed by atoms with Crippen LogP contribution in [0.1, 0.15) is 35.1 Å². The maximum absolute atomic E-state index is 4.57. The van der Waals surface area contributed by atoms with Crippen LogP contribution in [0.15, 0.2) is 91.0 Å². The Labute approximate surface area is 185 Å². The Morgan fingerprint density at radius 2 is 1.21 bits per heavy atom. The third kappa shape index (κ3) is 7.88. The van der Waals surface area contributed by atoms with Crippen molar-refractivity contribution >= 4 is 9.69 Å². The van der Waals surface area contributed by atoms with E-state index in [9.17, 15) is 0 Å². The van der Waals surface area contributed by atoms with Crippen LogP contribution in [0.4, 0.5) is 0 Å². The molecule has 28 heavy (non-hydrogen) atoms. The van der Waals surface area contributed by atoms with E-state index in [1.165, 1.54) is 16.7 Å². The van der Waals surface area contributed by atoms with Crippen LogP contribution in [0.25, 0.3) is 0 Å². The molecule has 3 aromatic carbocycles. The van der Waals surface area contributed by atoms with Crippen molar-refractivity contribution < 1.29 is 17.3 Å². The fourth-order valence-electron chi connectivity index (χ4n) is 3.24. The summed E-state index contributed by atoms with van der Waals surface area (Å²) in [6.07, 6.45) is 2.22. The summed E-state index contributed by atoms with van der Waals surface area (Å²) < 4.78 is 0. The van der Waals surface area contributed by atoms with E-state index in [1.54, 1.807) is 0 Å². The van der Waals surface area contributed by atoms with Crippen molar-refractivity contribution in [2.75, 3.05) is 6.54 Å². The zero-order chi connectivity index (χ0) is 19.3. The SMILES string of the molecule is [CH2-][C@H](c1ccccc1)C(NCCCc1ccccc1)c1ccccc1.[CH3-].[Cl][Ru+3]. The molecule has 2 atom stereocenters. The molecule has 1 N–H and O–H groups in total. The van der Waals surface area contributed by atoms with E-state index in [1.807, 2.05) is 17.3 Å². The standard InChI is InChI=1S/C24H26N.CH3.ClH.Ru/c1-20(22-15-7-3-8-16-22)24(23-17-9-4-10-18-23)25-19-11-14-21-12-5-2-6-13-21;;;/h2-10,12-13,15-18,20,24-25H,1,11,14,19H2;1H3;1H;/q2*-1;;+4/p-1/t20-,24?;;;/m1.../s1. The second-order valence-electron chi connectivity index (χ2n) is 6.45. The van der Waals surface area contributed by atoms with Crippen LogP contribution in [0.5, 0.6) is 0 Å². The number of rotatable bonds is 8. The summed E-state index contributed by atoms with van der Waals surface area (Å²) in [6.45, 7) is 5.44. The van der Waals surface area contributed by atoms with E-state index in [4.69, 9.17) is 0 Å². The van der Waals surface area contributed by atoms with Gasteiger partial charge in [-0.2, -0.15) is 0 Å². The molecule has 3 aromatic rings. The van der Waals surface area contributed by atoms with Gasteiger partial charge in [0.1, 0.15) is 0 Å². The Morgan fingerprint density at radius 1 is 0.750 bits per heavy atom. The normalized spacial score (nSPS) is 12.1.